The highest BCUT2D eigenvalue weighted by molar-refractivity contribution is 4.73. The van der Waals surface area contributed by atoms with Crippen LogP contribution in [0.15, 0.2) is 0 Å². The molecule has 1 rings (SSSR count). The van der Waals surface area contributed by atoms with E-state index in [1.807, 2.05) is 0 Å². The highest BCUT2D eigenvalue weighted by Crippen LogP contribution is 2.15. The van der Waals surface area contributed by atoms with Gasteiger partial charge in [-0.2, -0.15) is 0 Å². The molecule has 1 saturated heterocycles. The third-order valence-corrected chi connectivity index (χ3v) is 4.32. The number of hydrogen-bond acceptors (Lipinski definition) is 1. The molecule has 0 amide bonds. The molecule has 1 aliphatic rings. The van der Waals surface area contributed by atoms with Gasteiger partial charge in [-0.25, -0.2) is 0 Å². The molecule has 0 saturated carbocycles. The van der Waals surface area contributed by atoms with Crippen molar-refractivity contribution in [2.75, 3.05) is 6.54 Å². The molecule has 1 atom stereocenters. The van der Waals surface area contributed by atoms with Crippen LogP contribution in [-0.2, 0) is 0 Å². The molecule has 0 aromatic carbocycles. The lowest BCUT2D eigenvalue weighted by Gasteiger charge is -2.09. The minimum Gasteiger partial charge on any atom is -0.314 e. The highest BCUT2D eigenvalue weighted by Gasteiger charge is 2.12. The summed E-state index contributed by atoms with van der Waals surface area (Å²) in [6, 6.07) is 0.864. The van der Waals surface area contributed by atoms with Crippen LogP contribution in [0, 0.1) is 0 Å². The SMILES string of the molecule is CCCCCCCCCCCCCC1CCCN1. The van der Waals surface area contributed by atoms with E-state index in [0.717, 1.165) is 6.04 Å². The third-order valence-electron chi connectivity index (χ3n) is 4.32. The first kappa shape index (κ1) is 16.0. The van der Waals surface area contributed by atoms with Crippen molar-refractivity contribution in [3.8, 4) is 0 Å². The average molecular weight is 253 g/mol. The second-order valence-electron chi connectivity index (χ2n) is 6.12. The minimum absolute atomic E-state index is 0.864. The Morgan fingerprint density at radius 2 is 1.33 bits per heavy atom. The van der Waals surface area contributed by atoms with Crippen LogP contribution < -0.4 is 5.32 Å². The molecular formula is C17H35N. The Morgan fingerprint density at radius 1 is 0.778 bits per heavy atom. The summed E-state index contributed by atoms with van der Waals surface area (Å²) in [6.45, 7) is 3.56. The summed E-state index contributed by atoms with van der Waals surface area (Å²) in [7, 11) is 0. The Labute approximate surface area is 115 Å². The van der Waals surface area contributed by atoms with Crippen LogP contribution in [0.5, 0.6) is 0 Å². The van der Waals surface area contributed by atoms with E-state index in [-0.39, 0.29) is 0 Å². The first-order valence-corrected chi connectivity index (χ1v) is 8.67. The Bertz CT molecular complexity index is 161. The topological polar surface area (TPSA) is 12.0 Å². The Balaban J connectivity index is 1.68. The maximum Gasteiger partial charge on any atom is 0.00675 e. The van der Waals surface area contributed by atoms with E-state index >= 15 is 0 Å². The van der Waals surface area contributed by atoms with Crippen LogP contribution in [-0.4, -0.2) is 12.6 Å². The van der Waals surface area contributed by atoms with Crippen LogP contribution in [0.4, 0.5) is 0 Å². The van der Waals surface area contributed by atoms with Gasteiger partial charge in [0, 0.05) is 6.04 Å². The van der Waals surface area contributed by atoms with Gasteiger partial charge in [0.1, 0.15) is 0 Å². The molecule has 0 aliphatic carbocycles. The van der Waals surface area contributed by atoms with Gasteiger partial charge in [0.15, 0.2) is 0 Å². The Morgan fingerprint density at radius 3 is 1.83 bits per heavy atom. The molecule has 0 spiro atoms. The molecule has 108 valence electrons. The zero-order valence-corrected chi connectivity index (χ0v) is 12.7. The van der Waals surface area contributed by atoms with Crippen molar-refractivity contribution in [1.82, 2.24) is 5.32 Å². The lowest BCUT2D eigenvalue weighted by atomic mass is 10.0. The average Bonchev–Trinajstić information content (AvgIpc) is 2.89. The molecule has 0 bridgehead atoms. The smallest absolute Gasteiger partial charge is 0.00675 e. The van der Waals surface area contributed by atoms with Gasteiger partial charge >= 0.3 is 0 Å². The molecule has 1 nitrogen and oxygen atoms in total. The normalized spacial score (nSPS) is 19.5. The van der Waals surface area contributed by atoms with Crippen molar-refractivity contribution in [1.29, 1.82) is 0 Å². The number of unbranched alkanes of at least 4 members (excludes halogenated alkanes) is 10. The van der Waals surface area contributed by atoms with Gasteiger partial charge in [-0.3, -0.25) is 0 Å². The molecule has 18 heavy (non-hydrogen) atoms. The lowest BCUT2D eigenvalue weighted by Crippen LogP contribution is -2.20. The van der Waals surface area contributed by atoms with Crippen LogP contribution in [0.2, 0.25) is 0 Å². The quantitative estimate of drug-likeness (QED) is 0.457. The highest BCUT2D eigenvalue weighted by atomic mass is 14.9. The summed E-state index contributed by atoms with van der Waals surface area (Å²) in [6.07, 6.45) is 20.3. The summed E-state index contributed by atoms with van der Waals surface area (Å²) in [4.78, 5) is 0. The number of rotatable bonds is 12. The van der Waals surface area contributed by atoms with Crippen LogP contribution in [0.3, 0.4) is 0 Å². The molecule has 0 radical (unpaired) electrons. The summed E-state index contributed by atoms with van der Waals surface area (Å²) in [5.74, 6) is 0. The van der Waals surface area contributed by atoms with E-state index < -0.39 is 0 Å². The van der Waals surface area contributed by atoms with Gasteiger partial charge in [-0.15, -0.1) is 0 Å². The van der Waals surface area contributed by atoms with Gasteiger partial charge < -0.3 is 5.32 Å². The third kappa shape index (κ3) is 8.97. The fraction of sp³-hybridized carbons (Fsp3) is 1.00. The summed E-state index contributed by atoms with van der Waals surface area (Å²) >= 11 is 0. The second-order valence-corrected chi connectivity index (χ2v) is 6.12. The molecular weight excluding hydrogens is 218 g/mol. The van der Waals surface area contributed by atoms with Gasteiger partial charge in [-0.05, 0) is 25.8 Å². The van der Waals surface area contributed by atoms with Crippen molar-refractivity contribution in [3.63, 3.8) is 0 Å². The van der Waals surface area contributed by atoms with E-state index in [2.05, 4.69) is 12.2 Å². The molecule has 1 heteroatoms. The van der Waals surface area contributed by atoms with Crippen LogP contribution in [0.1, 0.15) is 96.8 Å². The Hall–Kier alpha value is -0.0400. The zero-order valence-electron chi connectivity index (χ0n) is 12.7. The zero-order chi connectivity index (χ0) is 12.9. The fourth-order valence-electron chi connectivity index (χ4n) is 3.06. The van der Waals surface area contributed by atoms with E-state index in [0.29, 0.717) is 0 Å². The predicted octanol–water partition coefficient (Wildman–Crippen LogP) is 5.44. The molecule has 1 unspecified atom stereocenters. The van der Waals surface area contributed by atoms with Crippen molar-refractivity contribution in [2.45, 2.75) is 103 Å². The predicted molar refractivity (Wildman–Crippen MR) is 82.1 cm³/mol. The molecule has 1 fully saturated rings. The van der Waals surface area contributed by atoms with Crippen molar-refractivity contribution in [2.24, 2.45) is 0 Å². The van der Waals surface area contributed by atoms with Crippen LogP contribution >= 0.6 is 0 Å². The minimum atomic E-state index is 0.864. The van der Waals surface area contributed by atoms with Crippen LogP contribution in [0.25, 0.3) is 0 Å². The van der Waals surface area contributed by atoms with Gasteiger partial charge in [0.2, 0.25) is 0 Å². The molecule has 1 aliphatic heterocycles. The second kappa shape index (κ2) is 12.0. The number of nitrogens with one attached hydrogen (secondary N) is 1. The molecule has 1 N–H and O–H groups in total. The van der Waals surface area contributed by atoms with Gasteiger partial charge in [-0.1, -0.05) is 77.6 Å². The molecule has 0 aromatic rings. The van der Waals surface area contributed by atoms with E-state index in [1.165, 1.54) is 96.4 Å². The summed E-state index contributed by atoms with van der Waals surface area (Å²) in [5, 5.41) is 3.59. The first-order valence-electron chi connectivity index (χ1n) is 8.67. The van der Waals surface area contributed by atoms with Crippen molar-refractivity contribution < 1.29 is 0 Å². The maximum absolute atomic E-state index is 3.59. The van der Waals surface area contributed by atoms with Gasteiger partial charge in [0.25, 0.3) is 0 Å². The summed E-state index contributed by atoms with van der Waals surface area (Å²) in [5.41, 5.74) is 0. The van der Waals surface area contributed by atoms with Crippen molar-refractivity contribution in [3.05, 3.63) is 0 Å². The monoisotopic (exact) mass is 253 g/mol. The molecule has 1 heterocycles. The van der Waals surface area contributed by atoms with E-state index in [4.69, 9.17) is 0 Å². The molecule has 0 aromatic heterocycles. The lowest BCUT2D eigenvalue weighted by molar-refractivity contribution is 0.498. The van der Waals surface area contributed by atoms with Crippen molar-refractivity contribution >= 4 is 0 Å². The van der Waals surface area contributed by atoms with E-state index in [9.17, 15) is 0 Å². The standard InChI is InChI=1S/C17H35N/c1-2-3-4-5-6-7-8-9-10-11-12-14-17-15-13-16-18-17/h17-18H,2-16H2,1H3. The van der Waals surface area contributed by atoms with E-state index in [1.54, 1.807) is 0 Å². The van der Waals surface area contributed by atoms with Gasteiger partial charge in [0.05, 0.1) is 0 Å². The largest absolute Gasteiger partial charge is 0.314 e. The number of hydrogen-bond donors (Lipinski definition) is 1. The Kier molecular flexibility index (Phi) is 10.7. The maximum atomic E-state index is 3.59. The fourth-order valence-corrected chi connectivity index (χ4v) is 3.06. The summed E-state index contributed by atoms with van der Waals surface area (Å²) < 4.78 is 0. The first-order chi connectivity index (χ1) is 8.93.